The largest absolute Gasteiger partial charge is 0.394 e. The third-order valence-electron chi connectivity index (χ3n) is 3.57. The van der Waals surface area contributed by atoms with Gasteiger partial charge in [0.25, 0.3) is 0 Å². The smallest absolute Gasteiger partial charge is 0.114 e. The Morgan fingerprint density at radius 2 is 1.79 bits per heavy atom. The van der Waals surface area contributed by atoms with Gasteiger partial charge in [0, 0.05) is 6.61 Å². The van der Waals surface area contributed by atoms with Crippen LogP contribution in [0.25, 0.3) is 0 Å². The minimum atomic E-state index is -0.964. The summed E-state index contributed by atoms with van der Waals surface area (Å²) in [6, 6.07) is 0. The first-order chi connectivity index (χ1) is 9.20. The molecule has 0 bridgehead atoms. The summed E-state index contributed by atoms with van der Waals surface area (Å²) in [6.45, 7) is 2.56. The van der Waals surface area contributed by atoms with E-state index in [-0.39, 0.29) is 13.2 Å². The van der Waals surface area contributed by atoms with Gasteiger partial charge < -0.3 is 24.8 Å². The van der Waals surface area contributed by atoms with Crippen LogP contribution in [0, 0.1) is 0 Å². The first-order valence-electron chi connectivity index (χ1n) is 7.40. The molecular weight excluding hydrogens is 248 g/mol. The van der Waals surface area contributed by atoms with Gasteiger partial charge in [0.15, 0.2) is 0 Å². The minimum absolute atomic E-state index is 0.101. The zero-order valence-electron chi connectivity index (χ0n) is 11.8. The van der Waals surface area contributed by atoms with Crippen molar-refractivity contribution in [3.05, 3.63) is 0 Å². The van der Waals surface area contributed by atoms with Gasteiger partial charge in [0.2, 0.25) is 0 Å². The van der Waals surface area contributed by atoms with Crippen molar-refractivity contribution < 1.29 is 24.8 Å². The van der Waals surface area contributed by atoms with Crippen LogP contribution in [0.3, 0.4) is 0 Å². The van der Waals surface area contributed by atoms with E-state index in [0.29, 0.717) is 6.61 Å². The van der Waals surface area contributed by atoms with Gasteiger partial charge in [-0.3, -0.25) is 0 Å². The Labute approximate surface area is 115 Å². The number of rotatable bonds is 9. The molecule has 3 N–H and O–H groups in total. The van der Waals surface area contributed by atoms with Crippen LogP contribution in [-0.4, -0.2) is 59.6 Å². The van der Waals surface area contributed by atoms with Crippen LogP contribution in [0.1, 0.15) is 45.4 Å². The van der Waals surface area contributed by atoms with E-state index < -0.39 is 24.4 Å². The highest BCUT2D eigenvalue weighted by atomic mass is 16.6. The topological polar surface area (TPSA) is 79.2 Å². The van der Waals surface area contributed by atoms with E-state index in [0.717, 1.165) is 12.8 Å². The molecule has 19 heavy (non-hydrogen) atoms. The summed E-state index contributed by atoms with van der Waals surface area (Å²) in [6.07, 6.45) is 3.92. The predicted molar refractivity (Wildman–Crippen MR) is 72.0 cm³/mol. The second kappa shape index (κ2) is 9.66. The van der Waals surface area contributed by atoms with Crippen molar-refractivity contribution in [1.82, 2.24) is 0 Å². The maximum atomic E-state index is 9.90. The van der Waals surface area contributed by atoms with Crippen LogP contribution < -0.4 is 0 Å². The molecule has 0 aromatic rings. The van der Waals surface area contributed by atoms with Crippen molar-refractivity contribution >= 4 is 0 Å². The molecule has 0 aliphatic carbocycles. The molecule has 0 aromatic carbocycles. The third kappa shape index (κ3) is 5.75. The standard InChI is InChI=1S/C14H28O5/c1-2-3-4-5-6-7-8-18-14-11(16)10-19-12(9-15)13(14)17/h11-17H,2-10H2,1H3/t11-,12+,13+,14+/m0/s1. The fourth-order valence-corrected chi connectivity index (χ4v) is 2.33. The van der Waals surface area contributed by atoms with Crippen molar-refractivity contribution in [2.24, 2.45) is 0 Å². The summed E-state index contributed by atoms with van der Waals surface area (Å²) in [7, 11) is 0. The molecule has 1 fully saturated rings. The lowest BCUT2D eigenvalue weighted by atomic mass is 10.0. The summed E-state index contributed by atoms with van der Waals surface area (Å²) >= 11 is 0. The fraction of sp³-hybridized carbons (Fsp3) is 1.00. The Morgan fingerprint density at radius 1 is 1.11 bits per heavy atom. The quantitative estimate of drug-likeness (QED) is 0.544. The van der Waals surface area contributed by atoms with Gasteiger partial charge >= 0.3 is 0 Å². The van der Waals surface area contributed by atoms with Gasteiger partial charge in [-0.25, -0.2) is 0 Å². The zero-order valence-corrected chi connectivity index (χ0v) is 11.8. The van der Waals surface area contributed by atoms with Gasteiger partial charge in [0.05, 0.1) is 13.2 Å². The Balaban J connectivity index is 2.15. The molecule has 1 rings (SSSR count). The normalized spacial score (nSPS) is 31.6. The molecule has 0 aromatic heterocycles. The number of aliphatic hydroxyl groups excluding tert-OH is 3. The van der Waals surface area contributed by atoms with Gasteiger partial charge in [-0.05, 0) is 6.42 Å². The van der Waals surface area contributed by atoms with Crippen LogP contribution in [0.2, 0.25) is 0 Å². The van der Waals surface area contributed by atoms with Gasteiger partial charge in [-0.1, -0.05) is 39.0 Å². The third-order valence-corrected chi connectivity index (χ3v) is 3.57. The second-order valence-electron chi connectivity index (χ2n) is 5.22. The molecule has 5 nitrogen and oxygen atoms in total. The SMILES string of the molecule is CCCCCCCCO[C@H]1[C@H](O)[C@@H](CO)OC[C@@H]1O. The molecule has 0 spiro atoms. The Hall–Kier alpha value is -0.200. The highest BCUT2D eigenvalue weighted by Crippen LogP contribution is 2.19. The van der Waals surface area contributed by atoms with Crippen molar-refractivity contribution in [2.75, 3.05) is 19.8 Å². The van der Waals surface area contributed by atoms with E-state index >= 15 is 0 Å². The molecule has 0 unspecified atom stereocenters. The fourth-order valence-electron chi connectivity index (χ4n) is 2.33. The Kier molecular flexibility index (Phi) is 8.57. The second-order valence-corrected chi connectivity index (χ2v) is 5.22. The van der Waals surface area contributed by atoms with E-state index in [4.69, 9.17) is 14.6 Å². The first kappa shape index (κ1) is 16.9. The number of ether oxygens (including phenoxy) is 2. The molecule has 0 saturated carbocycles. The summed E-state index contributed by atoms with van der Waals surface area (Å²) in [5.74, 6) is 0. The van der Waals surface area contributed by atoms with Crippen molar-refractivity contribution in [3.63, 3.8) is 0 Å². The van der Waals surface area contributed by atoms with Crippen LogP contribution >= 0.6 is 0 Å². The van der Waals surface area contributed by atoms with Crippen LogP contribution in [0.15, 0.2) is 0 Å². The zero-order chi connectivity index (χ0) is 14.1. The molecule has 4 atom stereocenters. The maximum absolute atomic E-state index is 9.90. The molecule has 1 aliphatic rings. The summed E-state index contributed by atoms with van der Waals surface area (Å²) in [4.78, 5) is 0. The van der Waals surface area contributed by atoms with Crippen molar-refractivity contribution in [2.45, 2.75) is 69.9 Å². The monoisotopic (exact) mass is 276 g/mol. The summed E-state index contributed by atoms with van der Waals surface area (Å²) < 4.78 is 10.7. The van der Waals surface area contributed by atoms with Crippen molar-refractivity contribution in [1.29, 1.82) is 0 Å². The number of unbranched alkanes of at least 4 members (excludes halogenated alkanes) is 5. The Morgan fingerprint density at radius 3 is 2.47 bits per heavy atom. The van der Waals surface area contributed by atoms with Gasteiger partial charge in [-0.15, -0.1) is 0 Å². The molecule has 114 valence electrons. The van der Waals surface area contributed by atoms with Crippen molar-refractivity contribution in [3.8, 4) is 0 Å². The van der Waals surface area contributed by atoms with E-state index in [1.807, 2.05) is 0 Å². The molecule has 1 heterocycles. The van der Waals surface area contributed by atoms with Gasteiger partial charge in [-0.2, -0.15) is 0 Å². The highest BCUT2D eigenvalue weighted by molar-refractivity contribution is 4.87. The van der Waals surface area contributed by atoms with Gasteiger partial charge in [0.1, 0.15) is 24.4 Å². The summed E-state index contributed by atoms with van der Waals surface area (Å²) in [5, 5.41) is 28.7. The lowest BCUT2D eigenvalue weighted by Gasteiger charge is -2.37. The molecule has 0 amide bonds. The average molecular weight is 276 g/mol. The molecule has 0 radical (unpaired) electrons. The summed E-state index contributed by atoms with van der Waals surface area (Å²) in [5.41, 5.74) is 0. The van der Waals surface area contributed by atoms with E-state index in [2.05, 4.69) is 6.92 Å². The minimum Gasteiger partial charge on any atom is -0.394 e. The highest BCUT2D eigenvalue weighted by Gasteiger charge is 2.38. The van der Waals surface area contributed by atoms with E-state index in [1.165, 1.54) is 25.7 Å². The Bertz CT molecular complexity index is 224. The van der Waals surface area contributed by atoms with E-state index in [1.54, 1.807) is 0 Å². The lowest BCUT2D eigenvalue weighted by molar-refractivity contribution is -0.210. The molecule has 5 heteroatoms. The van der Waals surface area contributed by atoms with Crippen LogP contribution in [0.5, 0.6) is 0 Å². The average Bonchev–Trinajstić information content (AvgIpc) is 2.41. The molecule has 1 aliphatic heterocycles. The lowest BCUT2D eigenvalue weighted by Crippen LogP contribution is -2.55. The van der Waals surface area contributed by atoms with Crippen LogP contribution in [0.4, 0.5) is 0 Å². The van der Waals surface area contributed by atoms with E-state index in [9.17, 15) is 10.2 Å². The van der Waals surface area contributed by atoms with Crippen LogP contribution in [-0.2, 0) is 9.47 Å². The maximum Gasteiger partial charge on any atom is 0.114 e. The number of hydrogen-bond donors (Lipinski definition) is 3. The predicted octanol–water partition coefficient (Wildman–Crippen LogP) is 0.845. The number of hydrogen-bond acceptors (Lipinski definition) is 5. The molecule has 1 saturated heterocycles. The molecular formula is C14H28O5. The first-order valence-corrected chi connectivity index (χ1v) is 7.40. The number of aliphatic hydroxyl groups is 3.